The molecule has 2 aromatic rings. The highest BCUT2D eigenvalue weighted by Gasteiger charge is 2.19. The van der Waals surface area contributed by atoms with Gasteiger partial charge in [-0.25, -0.2) is 0 Å². The Morgan fingerprint density at radius 3 is 2.06 bits per heavy atom. The van der Waals surface area contributed by atoms with Crippen LogP contribution in [0.25, 0.3) is 0 Å². The molecule has 0 aliphatic heterocycles. The number of nitrogens with one attached hydrogen (secondary N) is 1. The highest BCUT2D eigenvalue weighted by Crippen LogP contribution is 2.24. The number of ether oxygens (including phenoxy) is 1. The summed E-state index contributed by atoms with van der Waals surface area (Å²) in [5, 5.41) is 0. The average molecular weight is 242 g/mol. The van der Waals surface area contributed by atoms with E-state index in [1.807, 2.05) is 67.6 Å². The number of rotatable bonds is 5. The van der Waals surface area contributed by atoms with Gasteiger partial charge in [0.1, 0.15) is 11.9 Å². The van der Waals surface area contributed by atoms with Crippen LogP contribution in [0.5, 0.6) is 5.75 Å². The minimum absolute atomic E-state index is 0.0209. The Kier molecular flexibility index (Phi) is 4.34. The molecule has 0 saturated heterocycles. The monoisotopic (exact) mass is 242 g/mol. The maximum atomic E-state index is 6.01. The van der Waals surface area contributed by atoms with Crippen LogP contribution in [0.4, 0.5) is 0 Å². The number of para-hydroxylation sites is 1. The number of benzene rings is 2. The fourth-order valence-corrected chi connectivity index (χ4v) is 1.83. The largest absolute Gasteiger partial charge is 0.484 e. The van der Waals surface area contributed by atoms with Crippen molar-refractivity contribution in [1.29, 1.82) is 0 Å². The third kappa shape index (κ3) is 3.09. The van der Waals surface area contributed by atoms with Gasteiger partial charge in [0.15, 0.2) is 0 Å². The van der Waals surface area contributed by atoms with Gasteiger partial charge in [0.05, 0.1) is 6.04 Å². The molecule has 3 nitrogen and oxygen atoms in total. The number of nitrogens with two attached hydrogens (primary N) is 1. The molecule has 18 heavy (non-hydrogen) atoms. The van der Waals surface area contributed by atoms with Gasteiger partial charge in [0.25, 0.3) is 0 Å². The van der Waals surface area contributed by atoms with E-state index in [2.05, 4.69) is 5.43 Å². The fraction of sp³-hybridized carbons (Fsp3) is 0.200. The van der Waals surface area contributed by atoms with Crippen LogP contribution in [0.3, 0.4) is 0 Å². The van der Waals surface area contributed by atoms with E-state index < -0.39 is 0 Å². The Labute approximate surface area is 108 Å². The molecule has 0 bridgehead atoms. The minimum Gasteiger partial charge on any atom is -0.484 e. The number of hydrazine groups is 1. The molecule has 2 aromatic carbocycles. The van der Waals surface area contributed by atoms with Gasteiger partial charge >= 0.3 is 0 Å². The van der Waals surface area contributed by atoms with Crippen LogP contribution >= 0.6 is 0 Å². The maximum absolute atomic E-state index is 6.01. The molecule has 0 spiro atoms. The van der Waals surface area contributed by atoms with Crippen molar-refractivity contribution in [2.24, 2.45) is 5.84 Å². The molecule has 0 radical (unpaired) electrons. The second kappa shape index (κ2) is 6.19. The minimum atomic E-state index is -0.112. The van der Waals surface area contributed by atoms with Gasteiger partial charge in [-0.15, -0.1) is 0 Å². The molecule has 94 valence electrons. The van der Waals surface area contributed by atoms with Crippen LogP contribution in [0, 0.1) is 0 Å². The molecule has 0 aliphatic carbocycles. The number of hydrogen-bond acceptors (Lipinski definition) is 3. The van der Waals surface area contributed by atoms with Crippen molar-refractivity contribution in [1.82, 2.24) is 5.43 Å². The zero-order chi connectivity index (χ0) is 12.8. The van der Waals surface area contributed by atoms with Crippen molar-refractivity contribution in [3.05, 3.63) is 66.2 Å². The normalized spacial score (nSPS) is 13.9. The predicted molar refractivity (Wildman–Crippen MR) is 73.0 cm³/mol. The smallest absolute Gasteiger partial charge is 0.140 e. The third-order valence-electron chi connectivity index (χ3n) is 2.85. The highest BCUT2D eigenvalue weighted by molar-refractivity contribution is 5.25. The molecule has 3 heteroatoms. The van der Waals surface area contributed by atoms with E-state index in [1.54, 1.807) is 0 Å². The highest BCUT2D eigenvalue weighted by atomic mass is 16.5. The lowest BCUT2D eigenvalue weighted by atomic mass is 10.0. The van der Waals surface area contributed by atoms with Crippen LogP contribution in [-0.4, -0.2) is 6.04 Å². The van der Waals surface area contributed by atoms with Crippen molar-refractivity contribution in [2.45, 2.75) is 19.1 Å². The summed E-state index contributed by atoms with van der Waals surface area (Å²) in [6, 6.07) is 19.9. The Balaban J connectivity index is 2.21. The Hall–Kier alpha value is -1.84. The fourth-order valence-electron chi connectivity index (χ4n) is 1.83. The quantitative estimate of drug-likeness (QED) is 0.626. The maximum Gasteiger partial charge on any atom is 0.140 e. The second-order valence-corrected chi connectivity index (χ2v) is 4.22. The van der Waals surface area contributed by atoms with Gasteiger partial charge in [0.2, 0.25) is 0 Å². The molecule has 2 unspecified atom stereocenters. The van der Waals surface area contributed by atoms with E-state index >= 15 is 0 Å². The standard InChI is InChI=1S/C15H18N2O/c1-12(17-16)15(13-8-4-2-5-9-13)18-14-10-6-3-7-11-14/h2-12,15,17H,16H2,1H3. The zero-order valence-corrected chi connectivity index (χ0v) is 10.4. The lowest BCUT2D eigenvalue weighted by molar-refractivity contribution is 0.162. The van der Waals surface area contributed by atoms with Crippen molar-refractivity contribution in [3.8, 4) is 5.75 Å². The number of hydrogen-bond donors (Lipinski definition) is 2. The van der Waals surface area contributed by atoms with Crippen molar-refractivity contribution >= 4 is 0 Å². The predicted octanol–water partition coefficient (Wildman–Crippen LogP) is 2.66. The van der Waals surface area contributed by atoms with Crippen molar-refractivity contribution < 1.29 is 4.74 Å². The Morgan fingerprint density at radius 1 is 0.944 bits per heavy atom. The summed E-state index contributed by atoms with van der Waals surface area (Å²) in [6.45, 7) is 2.00. The summed E-state index contributed by atoms with van der Waals surface area (Å²) in [6.07, 6.45) is -0.112. The van der Waals surface area contributed by atoms with Gasteiger partial charge in [-0.1, -0.05) is 48.5 Å². The van der Waals surface area contributed by atoms with E-state index in [4.69, 9.17) is 10.6 Å². The van der Waals surface area contributed by atoms with E-state index in [0.717, 1.165) is 11.3 Å². The van der Waals surface area contributed by atoms with Crippen LogP contribution in [0.1, 0.15) is 18.6 Å². The third-order valence-corrected chi connectivity index (χ3v) is 2.85. The van der Waals surface area contributed by atoms with Crippen LogP contribution in [-0.2, 0) is 0 Å². The molecule has 2 atom stereocenters. The molecule has 0 heterocycles. The first-order chi connectivity index (χ1) is 8.81. The second-order valence-electron chi connectivity index (χ2n) is 4.22. The Morgan fingerprint density at radius 2 is 1.50 bits per heavy atom. The molecule has 0 aliphatic rings. The van der Waals surface area contributed by atoms with E-state index in [9.17, 15) is 0 Å². The summed E-state index contributed by atoms with van der Waals surface area (Å²) in [5.74, 6) is 6.38. The molecule has 3 N–H and O–H groups in total. The lowest BCUT2D eigenvalue weighted by Crippen LogP contribution is -2.39. The molecule has 0 saturated carbocycles. The zero-order valence-electron chi connectivity index (χ0n) is 10.4. The van der Waals surface area contributed by atoms with Gasteiger partial charge in [-0.3, -0.25) is 11.3 Å². The van der Waals surface area contributed by atoms with Crippen LogP contribution < -0.4 is 16.0 Å². The molecular weight excluding hydrogens is 224 g/mol. The summed E-state index contributed by atoms with van der Waals surface area (Å²) in [4.78, 5) is 0. The molecule has 0 fully saturated rings. The first kappa shape index (κ1) is 12.6. The molecular formula is C15H18N2O. The lowest BCUT2D eigenvalue weighted by Gasteiger charge is -2.25. The van der Waals surface area contributed by atoms with Gasteiger partial charge in [-0.05, 0) is 24.6 Å². The van der Waals surface area contributed by atoms with Gasteiger partial charge < -0.3 is 4.74 Å². The Bertz CT molecular complexity index is 458. The van der Waals surface area contributed by atoms with Crippen molar-refractivity contribution in [2.75, 3.05) is 0 Å². The topological polar surface area (TPSA) is 47.3 Å². The van der Waals surface area contributed by atoms with Gasteiger partial charge in [0, 0.05) is 0 Å². The first-order valence-electron chi connectivity index (χ1n) is 6.04. The SMILES string of the molecule is CC(NN)C(Oc1ccccc1)c1ccccc1. The summed E-state index contributed by atoms with van der Waals surface area (Å²) < 4.78 is 6.01. The molecule has 2 rings (SSSR count). The van der Waals surface area contributed by atoms with Gasteiger partial charge in [-0.2, -0.15) is 0 Å². The van der Waals surface area contributed by atoms with Crippen LogP contribution in [0.2, 0.25) is 0 Å². The summed E-state index contributed by atoms with van der Waals surface area (Å²) >= 11 is 0. The molecule has 0 aromatic heterocycles. The van der Waals surface area contributed by atoms with Crippen LogP contribution in [0.15, 0.2) is 60.7 Å². The van der Waals surface area contributed by atoms with E-state index in [1.165, 1.54) is 0 Å². The average Bonchev–Trinajstić information content (AvgIpc) is 2.46. The van der Waals surface area contributed by atoms with E-state index in [-0.39, 0.29) is 12.1 Å². The van der Waals surface area contributed by atoms with E-state index in [0.29, 0.717) is 0 Å². The summed E-state index contributed by atoms with van der Waals surface area (Å²) in [7, 11) is 0. The van der Waals surface area contributed by atoms with Crippen molar-refractivity contribution in [3.63, 3.8) is 0 Å². The summed E-state index contributed by atoms with van der Waals surface area (Å²) in [5.41, 5.74) is 3.86. The molecule has 0 amide bonds. The first-order valence-corrected chi connectivity index (χ1v) is 6.04.